The van der Waals surface area contributed by atoms with Gasteiger partial charge in [0.25, 0.3) is 0 Å². The molecule has 12 heavy (non-hydrogen) atoms. The fraction of sp³-hybridized carbons (Fsp3) is 0.750. The molecule has 4 heteroatoms. The monoisotopic (exact) mass is 173 g/mol. The first kappa shape index (κ1) is 11.1. The molecule has 2 N–H and O–H groups in total. The molecule has 0 radical (unpaired) electrons. The molecule has 0 aliphatic heterocycles. The summed E-state index contributed by atoms with van der Waals surface area (Å²) < 4.78 is 4.66. The molecule has 0 amide bonds. The van der Waals surface area contributed by atoms with E-state index in [1.54, 1.807) is 13.8 Å². The van der Waals surface area contributed by atoms with Crippen molar-refractivity contribution in [2.45, 2.75) is 26.8 Å². The van der Waals surface area contributed by atoms with Gasteiger partial charge in [-0.15, -0.1) is 0 Å². The Kier molecular flexibility index (Phi) is 4.51. The molecule has 0 saturated heterocycles. The van der Waals surface area contributed by atoms with Gasteiger partial charge in [-0.3, -0.25) is 9.59 Å². The van der Waals surface area contributed by atoms with Crippen LogP contribution in [0.3, 0.4) is 0 Å². The molecule has 0 saturated carbocycles. The topological polar surface area (TPSA) is 69.4 Å². The molecule has 0 fully saturated rings. The van der Waals surface area contributed by atoms with Crippen molar-refractivity contribution in [1.82, 2.24) is 0 Å². The van der Waals surface area contributed by atoms with E-state index >= 15 is 0 Å². The maximum atomic E-state index is 11.0. The van der Waals surface area contributed by atoms with Gasteiger partial charge < -0.3 is 10.5 Å². The summed E-state index contributed by atoms with van der Waals surface area (Å²) in [7, 11) is 0. The maximum absolute atomic E-state index is 11.0. The predicted octanol–water partition coefficient (Wildman–Crippen LogP) is 0.102. The Bertz CT molecular complexity index is 179. The molecule has 0 spiro atoms. The van der Waals surface area contributed by atoms with Crippen LogP contribution in [-0.4, -0.2) is 24.4 Å². The zero-order valence-electron chi connectivity index (χ0n) is 7.66. The first-order valence-corrected chi connectivity index (χ1v) is 3.93. The standard InChI is InChI=1S/C8H15NO3/c1-4-12-8(11)7(9)5(2)6(3)10/h5,7H,4,9H2,1-3H3/t5-,7+/m1/s1. The van der Waals surface area contributed by atoms with Crippen molar-refractivity contribution in [3.63, 3.8) is 0 Å². The average molecular weight is 173 g/mol. The van der Waals surface area contributed by atoms with E-state index in [1.165, 1.54) is 6.92 Å². The molecule has 0 rings (SSSR count). The highest BCUT2D eigenvalue weighted by molar-refractivity contribution is 5.86. The van der Waals surface area contributed by atoms with Crippen LogP contribution in [0.4, 0.5) is 0 Å². The number of carbonyl (C=O) groups excluding carboxylic acids is 2. The molecule has 0 unspecified atom stereocenters. The van der Waals surface area contributed by atoms with E-state index in [0.717, 1.165) is 0 Å². The van der Waals surface area contributed by atoms with Crippen LogP contribution in [-0.2, 0) is 14.3 Å². The third-order valence-electron chi connectivity index (χ3n) is 1.74. The van der Waals surface area contributed by atoms with Crippen molar-refractivity contribution in [3.05, 3.63) is 0 Å². The Labute approximate surface area is 72.1 Å². The molecule has 70 valence electrons. The molecule has 0 aromatic heterocycles. The molecule has 0 aliphatic carbocycles. The lowest BCUT2D eigenvalue weighted by Crippen LogP contribution is -2.41. The van der Waals surface area contributed by atoms with Crippen molar-refractivity contribution < 1.29 is 14.3 Å². The van der Waals surface area contributed by atoms with E-state index in [1.807, 2.05) is 0 Å². The van der Waals surface area contributed by atoms with E-state index < -0.39 is 17.9 Å². The van der Waals surface area contributed by atoms with Crippen molar-refractivity contribution in [3.8, 4) is 0 Å². The van der Waals surface area contributed by atoms with E-state index in [4.69, 9.17) is 5.73 Å². The minimum Gasteiger partial charge on any atom is -0.465 e. The first-order chi connectivity index (χ1) is 5.50. The Morgan fingerprint density at radius 3 is 2.33 bits per heavy atom. The van der Waals surface area contributed by atoms with Gasteiger partial charge in [-0.05, 0) is 13.8 Å². The molecule has 0 bridgehead atoms. The highest BCUT2D eigenvalue weighted by Gasteiger charge is 2.24. The maximum Gasteiger partial charge on any atom is 0.323 e. The summed E-state index contributed by atoms with van der Waals surface area (Å²) in [6.45, 7) is 5.01. The number of Topliss-reactive ketones (excluding diaryl/α,β-unsaturated/α-hetero) is 1. The number of nitrogens with two attached hydrogens (primary N) is 1. The Morgan fingerprint density at radius 2 is 2.00 bits per heavy atom. The summed E-state index contributed by atoms with van der Waals surface area (Å²) in [5, 5.41) is 0. The zero-order valence-corrected chi connectivity index (χ0v) is 7.66. The van der Waals surface area contributed by atoms with E-state index in [0.29, 0.717) is 0 Å². The van der Waals surface area contributed by atoms with Gasteiger partial charge in [0.2, 0.25) is 0 Å². The fourth-order valence-corrected chi connectivity index (χ4v) is 0.695. The third kappa shape index (κ3) is 3.00. The van der Waals surface area contributed by atoms with Crippen LogP contribution in [0, 0.1) is 5.92 Å². The second-order valence-electron chi connectivity index (χ2n) is 2.68. The van der Waals surface area contributed by atoms with Crippen molar-refractivity contribution in [2.24, 2.45) is 11.7 Å². The average Bonchev–Trinajstić information content (AvgIpc) is 2.02. The van der Waals surface area contributed by atoms with Crippen LogP contribution in [0.2, 0.25) is 0 Å². The van der Waals surface area contributed by atoms with Crippen LogP contribution >= 0.6 is 0 Å². The lowest BCUT2D eigenvalue weighted by atomic mass is 9.99. The van der Waals surface area contributed by atoms with Crippen LogP contribution in [0.25, 0.3) is 0 Å². The minimum atomic E-state index is -0.831. The fourth-order valence-electron chi connectivity index (χ4n) is 0.695. The normalized spacial score (nSPS) is 15.0. The molecule has 0 heterocycles. The van der Waals surface area contributed by atoms with Crippen molar-refractivity contribution in [2.75, 3.05) is 6.61 Å². The number of esters is 1. The highest BCUT2D eigenvalue weighted by atomic mass is 16.5. The minimum absolute atomic E-state index is 0.101. The lowest BCUT2D eigenvalue weighted by molar-refractivity contribution is -0.147. The Balaban J connectivity index is 4.09. The first-order valence-electron chi connectivity index (χ1n) is 3.93. The number of rotatable bonds is 4. The zero-order chi connectivity index (χ0) is 9.72. The summed E-state index contributed by atoms with van der Waals surface area (Å²) in [5.74, 6) is -1.08. The second-order valence-corrected chi connectivity index (χ2v) is 2.68. The van der Waals surface area contributed by atoms with Gasteiger partial charge in [0, 0.05) is 5.92 Å². The summed E-state index contributed by atoms with van der Waals surface area (Å²) in [6, 6.07) is -0.831. The largest absolute Gasteiger partial charge is 0.465 e. The smallest absolute Gasteiger partial charge is 0.323 e. The van der Waals surface area contributed by atoms with Gasteiger partial charge in [-0.25, -0.2) is 0 Å². The van der Waals surface area contributed by atoms with Crippen molar-refractivity contribution in [1.29, 1.82) is 0 Å². The van der Waals surface area contributed by atoms with Gasteiger partial charge in [-0.1, -0.05) is 6.92 Å². The number of carbonyl (C=O) groups is 2. The van der Waals surface area contributed by atoms with E-state index in [-0.39, 0.29) is 12.4 Å². The predicted molar refractivity (Wildman–Crippen MR) is 44.5 cm³/mol. The van der Waals surface area contributed by atoms with E-state index in [2.05, 4.69) is 4.74 Å². The molecule has 0 aromatic rings. The highest BCUT2D eigenvalue weighted by Crippen LogP contribution is 2.03. The molecule has 0 aliphatic rings. The Morgan fingerprint density at radius 1 is 1.50 bits per heavy atom. The van der Waals surface area contributed by atoms with Crippen molar-refractivity contribution >= 4 is 11.8 Å². The SMILES string of the molecule is CCOC(=O)[C@@H](N)[C@H](C)C(C)=O. The van der Waals surface area contributed by atoms with Crippen LogP contribution in [0.15, 0.2) is 0 Å². The quantitative estimate of drug-likeness (QED) is 0.612. The summed E-state index contributed by atoms with van der Waals surface area (Å²) >= 11 is 0. The van der Waals surface area contributed by atoms with Crippen LogP contribution in [0.5, 0.6) is 0 Å². The van der Waals surface area contributed by atoms with Gasteiger partial charge in [0.15, 0.2) is 0 Å². The molecule has 0 aromatic carbocycles. The van der Waals surface area contributed by atoms with Crippen LogP contribution in [0.1, 0.15) is 20.8 Å². The number of hydrogen-bond acceptors (Lipinski definition) is 4. The molecular weight excluding hydrogens is 158 g/mol. The molecular formula is C8H15NO3. The molecule has 2 atom stereocenters. The van der Waals surface area contributed by atoms with Gasteiger partial charge >= 0.3 is 5.97 Å². The van der Waals surface area contributed by atoms with E-state index in [9.17, 15) is 9.59 Å². The third-order valence-corrected chi connectivity index (χ3v) is 1.74. The number of ether oxygens (including phenoxy) is 1. The summed E-state index contributed by atoms with van der Waals surface area (Å²) in [6.07, 6.45) is 0. The lowest BCUT2D eigenvalue weighted by Gasteiger charge is -2.14. The van der Waals surface area contributed by atoms with Gasteiger partial charge in [0.1, 0.15) is 11.8 Å². The van der Waals surface area contributed by atoms with Crippen LogP contribution < -0.4 is 5.73 Å². The Hall–Kier alpha value is -0.900. The van der Waals surface area contributed by atoms with Gasteiger partial charge in [0.05, 0.1) is 6.61 Å². The number of ketones is 1. The summed E-state index contributed by atoms with van der Waals surface area (Å²) in [4.78, 5) is 21.8. The summed E-state index contributed by atoms with van der Waals surface area (Å²) in [5.41, 5.74) is 5.45. The molecule has 4 nitrogen and oxygen atoms in total. The number of hydrogen-bond donors (Lipinski definition) is 1. The van der Waals surface area contributed by atoms with Gasteiger partial charge in [-0.2, -0.15) is 0 Å². The second kappa shape index (κ2) is 4.87.